The number of aryl methyl sites for hydroxylation is 1. The van der Waals surface area contributed by atoms with Crippen molar-refractivity contribution in [2.24, 2.45) is 0 Å². The Labute approximate surface area is 122 Å². The molecule has 95 valence electrons. The third kappa shape index (κ3) is 2.24. The van der Waals surface area contributed by atoms with Crippen molar-refractivity contribution in [2.75, 3.05) is 0 Å². The monoisotopic (exact) mass is 288 g/mol. The van der Waals surface area contributed by atoms with Gasteiger partial charge in [-0.15, -0.1) is 0 Å². The second kappa shape index (κ2) is 4.92. The van der Waals surface area contributed by atoms with Crippen LogP contribution < -0.4 is 0 Å². The molecule has 3 rings (SSSR count). The largest absolute Gasteiger partial charge is 0.340 e. The van der Waals surface area contributed by atoms with Crippen LogP contribution in [0.25, 0.3) is 10.9 Å². The summed E-state index contributed by atoms with van der Waals surface area (Å²) in [6.07, 6.45) is 0. The number of halogens is 2. The van der Waals surface area contributed by atoms with E-state index in [1.54, 1.807) is 0 Å². The van der Waals surface area contributed by atoms with Gasteiger partial charge in [0.15, 0.2) is 0 Å². The SMILES string of the molecule is Cc1cc2[c]cccc2n1Cc1c(Cl)cccc1Cl. The minimum Gasteiger partial charge on any atom is -0.340 e. The molecular weight excluding hydrogens is 277 g/mol. The molecule has 0 fully saturated rings. The third-order valence-electron chi connectivity index (χ3n) is 3.31. The Bertz CT molecular complexity index is 723. The van der Waals surface area contributed by atoms with Gasteiger partial charge in [-0.3, -0.25) is 0 Å². The van der Waals surface area contributed by atoms with Gasteiger partial charge in [-0.1, -0.05) is 41.4 Å². The van der Waals surface area contributed by atoms with Crippen molar-refractivity contribution in [3.63, 3.8) is 0 Å². The number of hydrogen-bond donors (Lipinski definition) is 0. The first-order valence-electron chi connectivity index (χ1n) is 6.06. The van der Waals surface area contributed by atoms with Gasteiger partial charge in [-0.2, -0.15) is 0 Å². The van der Waals surface area contributed by atoms with Crippen LogP contribution in [0.15, 0.2) is 42.5 Å². The predicted octanol–water partition coefficient (Wildman–Crippen LogP) is 5.11. The van der Waals surface area contributed by atoms with Gasteiger partial charge in [-0.25, -0.2) is 0 Å². The summed E-state index contributed by atoms with van der Waals surface area (Å²) in [4.78, 5) is 0. The van der Waals surface area contributed by atoms with Crippen LogP contribution in [0, 0.1) is 13.0 Å². The molecule has 0 atom stereocenters. The Balaban J connectivity index is 2.13. The first-order chi connectivity index (χ1) is 9.16. The highest BCUT2D eigenvalue weighted by atomic mass is 35.5. The quantitative estimate of drug-likeness (QED) is 0.618. The van der Waals surface area contributed by atoms with E-state index in [2.05, 4.69) is 29.7 Å². The second-order valence-corrected chi connectivity index (χ2v) is 5.36. The lowest BCUT2D eigenvalue weighted by atomic mass is 10.2. The van der Waals surface area contributed by atoms with E-state index in [4.69, 9.17) is 23.2 Å². The van der Waals surface area contributed by atoms with Gasteiger partial charge in [0.25, 0.3) is 0 Å². The van der Waals surface area contributed by atoms with Crippen LogP contribution in [-0.4, -0.2) is 4.57 Å². The molecule has 0 aliphatic carbocycles. The van der Waals surface area contributed by atoms with Gasteiger partial charge in [0.1, 0.15) is 0 Å². The summed E-state index contributed by atoms with van der Waals surface area (Å²) in [5.41, 5.74) is 3.28. The minimum absolute atomic E-state index is 0.672. The van der Waals surface area contributed by atoms with E-state index in [0.717, 1.165) is 16.5 Å². The molecule has 1 radical (unpaired) electrons. The summed E-state index contributed by atoms with van der Waals surface area (Å²) in [5, 5.41) is 2.52. The van der Waals surface area contributed by atoms with E-state index in [1.165, 1.54) is 5.69 Å². The molecule has 19 heavy (non-hydrogen) atoms. The first kappa shape index (κ1) is 12.6. The number of fused-ring (bicyclic) bond motifs is 1. The average molecular weight is 289 g/mol. The molecule has 0 bridgehead atoms. The Hall–Kier alpha value is -1.44. The number of nitrogens with zero attached hydrogens (tertiary/aromatic N) is 1. The minimum atomic E-state index is 0.672. The maximum absolute atomic E-state index is 6.24. The lowest BCUT2D eigenvalue weighted by Crippen LogP contribution is -2.02. The molecule has 0 saturated heterocycles. The highest BCUT2D eigenvalue weighted by Crippen LogP contribution is 2.28. The highest BCUT2D eigenvalue weighted by molar-refractivity contribution is 6.36. The zero-order valence-electron chi connectivity index (χ0n) is 10.5. The van der Waals surface area contributed by atoms with E-state index >= 15 is 0 Å². The molecule has 2 aromatic carbocycles. The van der Waals surface area contributed by atoms with Crippen LogP contribution in [0.4, 0.5) is 0 Å². The van der Waals surface area contributed by atoms with Crippen molar-refractivity contribution in [3.8, 4) is 0 Å². The van der Waals surface area contributed by atoms with Crippen LogP contribution in [0.5, 0.6) is 0 Å². The van der Waals surface area contributed by atoms with Crippen LogP contribution in [0.3, 0.4) is 0 Å². The zero-order valence-corrected chi connectivity index (χ0v) is 12.0. The van der Waals surface area contributed by atoms with Gasteiger partial charge < -0.3 is 4.57 Å². The van der Waals surface area contributed by atoms with Crippen molar-refractivity contribution < 1.29 is 0 Å². The predicted molar refractivity (Wildman–Crippen MR) is 81.1 cm³/mol. The van der Waals surface area contributed by atoms with Gasteiger partial charge in [0.2, 0.25) is 0 Å². The summed E-state index contributed by atoms with van der Waals surface area (Å²) < 4.78 is 2.21. The molecular formula is C16H12Cl2N. The van der Waals surface area contributed by atoms with Crippen molar-refractivity contribution in [2.45, 2.75) is 13.5 Å². The Morgan fingerprint density at radius 2 is 1.84 bits per heavy atom. The van der Waals surface area contributed by atoms with Crippen LogP contribution >= 0.6 is 23.2 Å². The maximum Gasteiger partial charge on any atom is 0.0508 e. The van der Waals surface area contributed by atoms with E-state index < -0.39 is 0 Å². The molecule has 0 spiro atoms. The van der Waals surface area contributed by atoms with E-state index in [9.17, 15) is 0 Å². The summed E-state index contributed by atoms with van der Waals surface area (Å²) in [5.74, 6) is 0. The van der Waals surface area contributed by atoms with Crippen molar-refractivity contribution in [3.05, 3.63) is 69.8 Å². The van der Waals surface area contributed by atoms with Crippen molar-refractivity contribution in [1.82, 2.24) is 4.57 Å². The summed E-state index contributed by atoms with van der Waals surface area (Å²) >= 11 is 12.5. The molecule has 3 aromatic rings. The molecule has 3 heteroatoms. The number of aromatic nitrogens is 1. The molecule has 0 unspecified atom stereocenters. The molecule has 0 aliphatic heterocycles. The fourth-order valence-electron chi connectivity index (χ4n) is 2.32. The molecule has 0 amide bonds. The van der Waals surface area contributed by atoms with Crippen LogP contribution in [-0.2, 0) is 6.54 Å². The lowest BCUT2D eigenvalue weighted by Gasteiger charge is -2.11. The number of hydrogen-bond acceptors (Lipinski definition) is 0. The Morgan fingerprint density at radius 3 is 2.58 bits per heavy atom. The normalized spacial score (nSPS) is 11.1. The zero-order chi connectivity index (χ0) is 13.4. The average Bonchev–Trinajstić information content (AvgIpc) is 2.70. The molecule has 0 saturated carbocycles. The van der Waals surface area contributed by atoms with Gasteiger partial charge in [0.05, 0.1) is 6.54 Å². The van der Waals surface area contributed by atoms with E-state index in [-0.39, 0.29) is 0 Å². The van der Waals surface area contributed by atoms with Gasteiger partial charge in [0, 0.05) is 32.2 Å². The standard InChI is InChI=1S/C16H12Cl2N/c1-11-9-12-5-2-3-8-16(12)19(11)10-13-14(17)6-4-7-15(13)18/h2-4,6-9H,10H2,1H3. The van der Waals surface area contributed by atoms with Crippen LogP contribution in [0.2, 0.25) is 10.0 Å². The summed E-state index contributed by atoms with van der Waals surface area (Å²) in [6.45, 7) is 2.75. The van der Waals surface area contributed by atoms with E-state index in [1.807, 2.05) is 30.3 Å². The summed E-state index contributed by atoms with van der Waals surface area (Å²) in [6, 6.07) is 17.0. The Morgan fingerprint density at radius 1 is 1.11 bits per heavy atom. The van der Waals surface area contributed by atoms with Crippen LogP contribution in [0.1, 0.15) is 11.3 Å². The maximum atomic E-state index is 6.24. The van der Waals surface area contributed by atoms with E-state index in [0.29, 0.717) is 16.6 Å². The highest BCUT2D eigenvalue weighted by Gasteiger charge is 2.10. The molecule has 1 heterocycles. The fraction of sp³-hybridized carbons (Fsp3) is 0.125. The smallest absolute Gasteiger partial charge is 0.0508 e. The molecule has 0 aliphatic rings. The second-order valence-electron chi connectivity index (χ2n) is 4.54. The lowest BCUT2D eigenvalue weighted by molar-refractivity contribution is 0.805. The first-order valence-corrected chi connectivity index (χ1v) is 6.82. The topological polar surface area (TPSA) is 4.93 Å². The number of benzene rings is 2. The Kier molecular flexibility index (Phi) is 3.26. The van der Waals surface area contributed by atoms with Crippen molar-refractivity contribution in [1.29, 1.82) is 0 Å². The molecule has 0 N–H and O–H groups in total. The van der Waals surface area contributed by atoms with Gasteiger partial charge >= 0.3 is 0 Å². The molecule has 1 nitrogen and oxygen atoms in total. The fourth-order valence-corrected chi connectivity index (χ4v) is 2.84. The number of rotatable bonds is 2. The van der Waals surface area contributed by atoms with Crippen molar-refractivity contribution >= 4 is 34.1 Å². The third-order valence-corrected chi connectivity index (χ3v) is 4.02. The summed E-state index contributed by atoms with van der Waals surface area (Å²) in [7, 11) is 0. The van der Waals surface area contributed by atoms with Gasteiger partial charge in [-0.05, 0) is 37.3 Å². The molecule has 1 aromatic heterocycles.